The number of nitrogens with one attached hydrogen (secondary N) is 1. The van der Waals surface area contributed by atoms with E-state index in [1.54, 1.807) is 32.0 Å². The van der Waals surface area contributed by atoms with Crippen molar-refractivity contribution >= 4 is 45.1 Å². The molecule has 174 valence electrons. The van der Waals surface area contributed by atoms with Crippen molar-refractivity contribution in [3.8, 4) is 0 Å². The molecule has 0 aliphatic rings. The van der Waals surface area contributed by atoms with Crippen molar-refractivity contribution in [3.63, 3.8) is 0 Å². The SMILES string of the molecule is CCOC(=O)c1cccc(NC(=O)Cn2cnc3sc(C(=O)OCCOC)c(C)c3c2=O)c1. The minimum atomic E-state index is -0.558. The molecule has 11 heteroatoms. The van der Waals surface area contributed by atoms with Crippen LogP contribution in [0.15, 0.2) is 35.4 Å². The van der Waals surface area contributed by atoms with Crippen molar-refractivity contribution in [2.24, 2.45) is 0 Å². The van der Waals surface area contributed by atoms with Crippen LogP contribution < -0.4 is 10.9 Å². The lowest BCUT2D eigenvalue weighted by Crippen LogP contribution is -2.28. The molecule has 33 heavy (non-hydrogen) atoms. The van der Waals surface area contributed by atoms with Crippen LogP contribution in [0.3, 0.4) is 0 Å². The Morgan fingerprint density at radius 2 is 1.94 bits per heavy atom. The third-order valence-corrected chi connectivity index (χ3v) is 5.77. The second kappa shape index (κ2) is 10.8. The number of hydrogen-bond acceptors (Lipinski definition) is 9. The van der Waals surface area contributed by atoms with E-state index in [1.165, 1.54) is 19.5 Å². The van der Waals surface area contributed by atoms with Gasteiger partial charge in [0.25, 0.3) is 5.56 Å². The molecule has 10 nitrogen and oxygen atoms in total. The normalized spacial score (nSPS) is 10.8. The molecule has 1 N–H and O–H groups in total. The van der Waals surface area contributed by atoms with Crippen molar-refractivity contribution in [2.45, 2.75) is 20.4 Å². The van der Waals surface area contributed by atoms with Gasteiger partial charge in [-0.15, -0.1) is 11.3 Å². The Labute approximate surface area is 193 Å². The summed E-state index contributed by atoms with van der Waals surface area (Å²) in [6, 6.07) is 6.30. The molecule has 0 aliphatic carbocycles. The Morgan fingerprint density at radius 3 is 2.67 bits per heavy atom. The first-order valence-electron chi connectivity index (χ1n) is 10.1. The fourth-order valence-electron chi connectivity index (χ4n) is 3.04. The quantitative estimate of drug-likeness (QED) is 0.371. The highest BCUT2D eigenvalue weighted by molar-refractivity contribution is 7.20. The molecule has 1 amide bonds. The summed E-state index contributed by atoms with van der Waals surface area (Å²) in [4.78, 5) is 54.6. The molecular formula is C22H23N3O7S. The predicted molar refractivity (Wildman–Crippen MR) is 122 cm³/mol. The highest BCUT2D eigenvalue weighted by Gasteiger charge is 2.21. The maximum Gasteiger partial charge on any atom is 0.348 e. The number of fused-ring (bicyclic) bond motifs is 1. The van der Waals surface area contributed by atoms with Gasteiger partial charge in [-0.25, -0.2) is 14.6 Å². The molecule has 0 saturated carbocycles. The van der Waals surface area contributed by atoms with Crippen molar-refractivity contribution < 1.29 is 28.6 Å². The van der Waals surface area contributed by atoms with Crippen LogP contribution in [0, 0.1) is 6.92 Å². The summed E-state index contributed by atoms with van der Waals surface area (Å²) in [5, 5.41) is 2.91. The molecule has 0 atom stereocenters. The van der Waals surface area contributed by atoms with Gasteiger partial charge in [0.05, 0.1) is 30.5 Å². The lowest BCUT2D eigenvalue weighted by Gasteiger charge is -2.09. The number of anilines is 1. The van der Waals surface area contributed by atoms with Crippen LogP contribution in [-0.4, -0.2) is 54.3 Å². The van der Waals surface area contributed by atoms with Gasteiger partial charge in [0.1, 0.15) is 22.9 Å². The second-order valence-corrected chi connectivity index (χ2v) is 7.89. The van der Waals surface area contributed by atoms with Gasteiger partial charge in [-0.05, 0) is 37.6 Å². The summed E-state index contributed by atoms with van der Waals surface area (Å²) in [7, 11) is 1.50. The molecule has 0 fully saturated rings. The number of rotatable bonds is 9. The number of benzene rings is 1. The number of aromatic nitrogens is 2. The minimum Gasteiger partial charge on any atom is -0.462 e. The molecule has 0 saturated heterocycles. The van der Waals surface area contributed by atoms with E-state index < -0.39 is 23.4 Å². The Balaban J connectivity index is 1.77. The average molecular weight is 474 g/mol. The molecule has 0 radical (unpaired) electrons. The molecule has 0 aliphatic heterocycles. The monoisotopic (exact) mass is 473 g/mol. The van der Waals surface area contributed by atoms with E-state index in [4.69, 9.17) is 14.2 Å². The Bertz CT molecular complexity index is 1250. The molecule has 0 spiro atoms. The number of methoxy groups -OCH3 is 1. The van der Waals surface area contributed by atoms with Gasteiger partial charge in [0.2, 0.25) is 5.91 Å². The van der Waals surface area contributed by atoms with Crippen LogP contribution in [0.1, 0.15) is 32.5 Å². The number of amides is 1. The zero-order valence-electron chi connectivity index (χ0n) is 18.4. The third kappa shape index (κ3) is 5.62. The average Bonchev–Trinajstić information content (AvgIpc) is 3.13. The number of hydrogen-bond donors (Lipinski definition) is 1. The Kier molecular flexibility index (Phi) is 7.91. The highest BCUT2D eigenvalue weighted by atomic mass is 32.1. The van der Waals surface area contributed by atoms with Gasteiger partial charge >= 0.3 is 11.9 Å². The molecule has 0 bridgehead atoms. The minimum absolute atomic E-state index is 0.0955. The van der Waals surface area contributed by atoms with E-state index in [1.807, 2.05) is 0 Å². The van der Waals surface area contributed by atoms with Crippen LogP contribution in [0.25, 0.3) is 10.2 Å². The Hall–Kier alpha value is -3.57. The van der Waals surface area contributed by atoms with E-state index in [-0.39, 0.29) is 36.6 Å². The maximum atomic E-state index is 13.0. The summed E-state index contributed by atoms with van der Waals surface area (Å²) in [5.41, 5.74) is 0.695. The summed E-state index contributed by atoms with van der Waals surface area (Å²) in [5.74, 6) is -1.53. The van der Waals surface area contributed by atoms with E-state index in [2.05, 4.69) is 10.3 Å². The highest BCUT2D eigenvalue weighted by Crippen LogP contribution is 2.27. The number of ether oxygens (including phenoxy) is 3. The van der Waals surface area contributed by atoms with E-state index in [0.29, 0.717) is 21.6 Å². The molecule has 3 aromatic rings. The molecule has 3 rings (SSSR count). The predicted octanol–water partition coefficient (Wildman–Crippen LogP) is 2.39. The fourth-order valence-corrected chi connectivity index (χ4v) is 4.08. The fraction of sp³-hybridized carbons (Fsp3) is 0.318. The van der Waals surface area contributed by atoms with Crippen LogP contribution in [-0.2, 0) is 25.5 Å². The third-order valence-electron chi connectivity index (χ3n) is 4.59. The van der Waals surface area contributed by atoms with Gasteiger partial charge in [-0.2, -0.15) is 0 Å². The van der Waals surface area contributed by atoms with Crippen LogP contribution >= 0.6 is 11.3 Å². The lowest BCUT2D eigenvalue weighted by molar-refractivity contribution is -0.116. The van der Waals surface area contributed by atoms with Crippen LogP contribution in [0.5, 0.6) is 0 Å². The Morgan fingerprint density at radius 1 is 1.15 bits per heavy atom. The molecule has 2 aromatic heterocycles. The van der Waals surface area contributed by atoms with Crippen molar-refractivity contribution in [3.05, 3.63) is 57.0 Å². The second-order valence-electron chi connectivity index (χ2n) is 6.89. The van der Waals surface area contributed by atoms with Crippen molar-refractivity contribution in [1.29, 1.82) is 0 Å². The number of carbonyl (C=O) groups is 3. The lowest BCUT2D eigenvalue weighted by atomic mass is 10.2. The number of aryl methyl sites for hydroxylation is 1. The summed E-state index contributed by atoms with van der Waals surface area (Å²) >= 11 is 1.06. The topological polar surface area (TPSA) is 126 Å². The van der Waals surface area contributed by atoms with E-state index in [9.17, 15) is 19.2 Å². The van der Waals surface area contributed by atoms with Crippen molar-refractivity contribution in [1.82, 2.24) is 9.55 Å². The van der Waals surface area contributed by atoms with Gasteiger partial charge in [-0.1, -0.05) is 6.07 Å². The number of carbonyl (C=O) groups excluding carboxylic acids is 3. The first-order valence-corrected chi connectivity index (χ1v) is 10.9. The van der Waals surface area contributed by atoms with Gasteiger partial charge in [0.15, 0.2) is 0 Å². The summed E-state index contributed by atoms with van der Waals surface area (Å²) in [6.45, 7) is 3.64. The maximum absolute atomic E-state index is 13.0. The summed E-state index contributed by atoms with van der Waals surface area (Å²) < 4.78 is 16.1. The van der Waals surface area contributed by atoms with Crippen molar-refractivity contribution in [2.75, 3.05) is 32.2 Å². The number of esters is 2. The van der Waals surface area contributed by atoms with Gasteiger partial charge in [0, 0.05) is 12.8 Å². The molecular weight excluding hydrogens is 450 g/mol. The van der Waals surface area contributed by atoms with E-state index in [0.717, 1.165) is 15.9 Å². The molecule has 1 aromatic carbocycles. The van der Waals surface area contributed by atoms with E-state index >= 15 is 0 Å². The summed E-state index contributed by atoms with van der Waals surface area (Å²) in [6.07, 6.45) is 1.26. The zero-order chi connectivity index (χ0) is 24.0. The largest absolute Gasteiger partial charge is 0.462 e. The smallest absolute Gasteiger partial charge is 0.348 e. The molecule has 2 heterocycles. The standard InChI is InChI=1S/C22H23N3O7S/c1-4-31-21(28)14-6-5-7-15(10-14)24-16(26)11-25-12-23-19-17(20(25)27)13(2)18(33-19)22(29)32-9-8-30-3/h5-7,10,12H,4,8-9,11H2,1-3H3,(H,24,26). The number of thiophene rings is 1. The number of nitrogens with zero attached hydrogens (tertiary/aromatic N) is 2. The zero-order valence-corrected chi connectivity index (χ0v) is 19.2. The molecule has 0 unspecified atom stereocenters. The first-order chi connectivity index (χ1) is 15.8. The first kappa shape index (κ1) is 24.1. The van der Waals surface area contributed by atoms with Gasteiger partial charge < -0.3 is 19.5 Å². The van der Waals surface area contributed by atoms with Crippen LogP contribution in [0.4, 0.5) is 5.69 Å². The van der Waals surface area contributed by atoms with Gasteiger partial charge in [-0.3, -0.25) is 14.2 Å². The van der Waals surface area contributed by atoms with Crippen LogP contribution in [0.2, 0.25) is 0 Å².